The molecule has 1 fully saturated rings. The van der Waals surface area contributed by atoms with Gasteiger partial charge in [0.25, 0.3) is 0 Å². The summed E-state index contributed by atoms with van der Waals surface area (Å²) in [7, 11) is 0. The Kier molecular flexibility index (Phi) is 4.21. The Morgan fingerprint density at radius 2 is 2.25 bits per heavy atom. The zero-order valence-electron chi connectivity index (χ0n) is 12.5. The third kappa shape index (κ3) is 3.24. The van der Waals surface area contributed by atoms with E-state index >= 15 is 0 Å². The summed E-state index contributed by atoms with van der Waals surface area (Å²) in [6.07, 6.45) is 3.37. The zero-order chi connectivity index (χ0) is 14.8. The third-order valence-corrected chi connectivity index (χ3v) is 3.91. The first-order chi connectivity index (χ1) is 9.43. The Balaban J connectivity index is 2.20. The van der Waals surface area contributed by atoms with Gasteiger partial charge in [0.15, 0.2) is 0 Å². The Morgan fingerprint density at radius 3 is 2.85 bits per heavy atom. The third-order valence-electron chi connectivity index (χ3n) is 3.91. The Morgan fingerprint density at radius 1 is 1.50 bits per heavy atom. The molecule has 0 aromatic heterocycles. The molecule has 1 aromatic carbocycles. The van der Waals surface area contributed by atoms with E-state index in [0.717, 1.165) is 12.8 Å². The first kappa shape index (κ1) is 14.7. The summed E-state index contributed by atoms with van der Waals surface area (Å²) < 4.78 is 5.09. The molecule has 4 heteroatoms. The first-order valence-electron chi connectivity index (χ1n) is 7.25. The summed E-state index contributed by atoms with van der Waals surface area (Å²) in [5, 5.41) is 3.45. The van der Waals surface area contributed by atoms with Crippen molar-refractivity contribution in [3.63, 3.8) is 0 Å². The van der Waals surface area contributed by atoms with Crippen molar-refractivity contribution in [3.05, 3.63) is 23.8 Å². The van der Waals surface area contributed by atoms with Gasteiger partial charge in [-0.05, 0) is 43.7 Å². The van der Waals surface area contributed by atoms with Crippen molar-refractivity contribution < 1.29 is 9.53 Å². The Hall–Kier alpha value is -1.71. The lowest BCUT2D eigenvalue weighted by molar-refractivity contribution is 0.0527. The van der Waals surface area contributed by atoms with E-state index in [2.05, 4.69) is 19.2 Å². The molecule has 1 aliphatic carbocycles. The van der Waals surface area contributed by atoms with Crippen molar-refractivity contribution in [2.24, 2.45) is 5.41 Å². The molecule has 1 aliphatic rings. The second-order valence-electron chi connectivity index (χ2n) is 6.24. The maximum atomic E-state index is 12.0. The van der Waals surface area contributed by atoms with Crippen molar-refractivity contribution in [1.29, 1.82) is 0 Å². The molecule has 0 heterocycles. The van der Waals surface area contributed by atoms with E-state index in [0.29, 0.717) is 35.0 Å². The Labute approximate surface area is 120 Å². The molecule has 2 rings (SSSR count). The number of para-hydroxylation sites is 1. The Bertz CT molecular complexity index is 497. The van der Waals surface area contributed by atoms with Crippen LogP contribution in [0.15, 0.2) is 18.2 Å². The molecule has 0 amide bonds. The van der Waals surface area contributed by atoms with Crippen LogP contribution in [0, 0.1) is 5.41 Å². The van der Waals surface area contributed by atoms with Crippen molar-refractivity contribution in [2.75, 3.05) is 17.7 Å². The van der Waals surface area contributed by atoms with Gasteiger partial charge < -0.3 is 15.8 Å². The maximum Gasteiger partial charge on any atom is 0.340 e. The van der Waals surface area contributed by atoms with Gasteiger partial charge in [0.2, 0.25) is 0 Å². The second kappa shape index (κ2) is 5.73. The van der Waals surface area contributed by atoms with Crippen LogP contribution in [0.5, 0.6) is 0 Å². The summed E-state index contributed by atoms with van der Waals surface area (Å²) in [5.41, 5.74) is 8.22. The molecule has 0 saturated heterocycles. The number of hydrogen-bond acceptors (Lipinski definition) is 4. The van der Waals surface area contributed by atoms with Gasteiger partial charge in [-0.3, -0.25) is 0 Å². The summed E-state index contributed by atoms with van der Waals surface area (Å²) in [4.78, 5) is 12.0. The monoisotopic (exact) mass is 276 g/mol. The molecular weight excluding hydrogens is 252 g/mol. The summed E-state index contributed by atoms with van der Waals surface area (Å²) in [6.45, 7) is 6.71. The average molecular weight is 276 g/mol. The number of anilines is 2. The van der Waals surface area contributed by atoms with Crippen LogP contribution in [0.2, 0.25) is 0 Å². The molecule has 0 aliphatic heterocycles. The van der Waals surface area contributed by atoms with Crippen LogP contribution in [0.4, 0.5) is 11.4 Å². The van der Waals surface area contributed by atoms with E-state index in [-0.39, 0.29) is 5.97 Å². The normalized spacial score (nSPS) is 20.6. The fraction of sp³-hybridized carbons (Fsp3) is 0.562. The highest BCUT2D eigenvalue weighted by atomic mass is 16.5. The number of carbonyl (C=O) groups is 1. The number of carbonyl (C=O) groups excluding carboxylic acids is 1. The van der Waals surface area contributed by atoms with Gasteiger partial charge in [0.05, 0.1) is 23.5 Å². The number of nitrogen functional groups attached to an aromatic ring is 1. The molecule has 0 bridgehead atoms. The molecule has 4 nitrogen and oxygen atoms in total. The van der Waals surface area contributed by atoms with Crippen molar-refractivity contribution in [2.45, 2.75) is 46.1 Å². The number of rotatable bonds is 4. The average Bonchev–Trinajstić information content (AvgIpc) is 2.71. The van der Waals surface area contributed by atoms with Crippen LogP contribution in [0.1, 0.15) is 50.4 Å². The van der Waals surface area contributed by atoms with Crippen molar-refractivity contribution in [3.8, 4) is 0 Å². The molecule has 3 N–H and O–H groups in total. The minimum absolute atomic E-state index is 0.320. The fourth-order valence-corrected chi connectivity index (χ4v) is 2.87. The lowest BCUT2D eigenvalue weighted by Gasteiger charge is -2.21. The predicted octanol–water partition coefficient (Wildman–Crippen LogP) is 3.44. The van der Waals surface area contributed by atoms with E-state index in [4.69, 9.17) is 10.5 Å². The minimum atomic E-state index is -0.320. The van der Waals surface area contributed by atoms with Crippen LogP contribution in [0.3, 0.4) is 0 Å². The fourth-order valence-electron chi connectivity index (χ4n) is 2.87. The molecule has 1 unspecified atom stereocenters. The second-order valence-corrected chi connectivity index (χ2v) is 6.24. The van der Waals surface area contributed by atoms with Crippen LogP contribution in [-0.2, 0) is 4.74 Å². The topological polar surface area (TPSA) is 64.3 Å². The molecular formula is C16H24N2O2. The first-order valence-corrected chi connectivity index (χ1v) is 7.25. The zero-order valence-corrected chi connectivity index (χ0v) is 12.5. The summed E-state index contributed by atoms with van der Waals surface area (Å²) in [5.74, 6) is -0.320. The maximum absolute atomic E-state index is 12.0. The SMILES string of the molecule is CCOC(=O)c1cccc(N)c1NC1CCC(C)(C)C1. The van der Waals surface area contributed by atoms with E-state index in [9.17, 15) is 4.79 Å². The number of nitrogens with one attached hydrogen (secondary N) is 1. The van der Waals surface area contributed by atoms with E-state index in [1.54, 1.807) is 19.1 Å². The molecule has 1 saturated carbocycles. The van der Waals surface area contributed by atoms with E-state index in [1.165, 1.54) is 6.42 Å². The smallest absolute Gasteiger partial charge is 0.340 e. The number of ether oxygens (including phenoxy) is 1. The number of benzene rings is 1. The highest BCUT2D eigenvalue weighted by Crippen LogP contribution is 2.39. The van der Waals surface area contributed by atoms with Gasteiger partial charge in [0, 0.05) is 6.04 Å². The van der Waals surface area contributed by atoms with Gasteiger partial charge >= 0.3 is 5.97 Å². The lowest BCUT2D eigenvalue weighted by Crippen LogP contribution is -2.21. The van der Waals surface area contributed by atoms with Crippen molar-refractivity contribution >= 4 is 17.3 Å². The van der Waals surface area contributed by atoms with Gasteiger partial charge in [-0.1, -0.05) is 19.9 Å². The van der Waals surface area contributed by atoms with E-state index in [1.807, 2.05) is 6.07 Å². The van der Waals surface area contributed by atoms with E-state index < -0.39 is 0 Å². The largest absolute Gasteiger partial charge is 0.462 e. The summed E-state index contributed by atoms with van der Waals surface area (Å²) in [6, 6.07) is 5.72. The molecule has 20 heavy (non-hydrogen) atoms. The molecule has 0 radical (unpaired) electrons. The quantitative estimate of drug-likeness (QED) is 0.653. The van der Waals surface area contributed by atoms with Crippen LogP contribution < -0.4 is 11.1 Å². The highest BCUT2D eigenvalue weighted by molar-refractivity contribution is 5.98. The standard InChI is InChI=1S/C16H24N2O2/c1-4-20-15(19)12-6-5-7-13(17)14(12)18-11-8-9-16(2,3)10-11/h5-7,11,18H,4,8-10,17H2,1-3H3. The number of esters is 1. The molecule has 1 aromatic rings. The van der Waals surface area contributed by atoms with Gasteiger partial charge in [-0.15, -0.1) is 0 Å². The molecule has 110 valence electrons. The van der Waals surface area contributed by atoms with Crippen LogP contribution >= 0.6 is 0 Å². The van der Waals surface area contributed by atoms with Crippen LogP contribution in [-0.4, -0.2) is 18.6 Å². The molecule has 0 spiro atoms. The van der Waals surface area contributed by atoms with Gasteiger partial charge in [-0.25, -0.2) is 4.79 Å². The van der Waals surface area contributed by atoms with Crippen molar-refractivity contribution in [1.82, 2.24) is 0 Å². The lowest BCUT2D eigenvalue weighted by atomic mass is 9.92. The number of hydrogen-bond donors (Lipinski definition) is 2. The van der Waals surface area contributed by atoms with Gasteiger partial charge in [-0.2, -0.15) is 0 Å². The minimum Gasteiger partial charge on any atom is -0.462 e. The van der Waals surface area contributed by atoms with Gasteiger partial charge in [0.1, 0.15) is 0 Å². The molecule has 1 atom stereocenters. The summed E-state index contributed by atoms with van der Waals surface area (Å²) >= 11 is 0. The van der Waals surface area contributed by atoms with Crippen LogP contribution in [0.25, 0.3) is 0 Å². The highest BCUT2D eigenvalue weighted by Gasteiger charge is 2.31. The predicted molar refractivity (Wildman–Crippen MR) is 81.9 cm³/mol. The number of nitrogens with two attached hydrogens (primary N) is 1.